The highest BCUT2D eigenvalue weighted by Gasteiger charge is 2.66. The Balaban J connectivity index is 1.50. The molecule has 2 heterocycles. The number of para-hydroxylation sites is 1. The molecule has 0 saturated carbocycles. The first-order valence-corrected chi connectivity index (χ1v) is 14.2. The second-order valence-corrected chi connectivity index (χ2v) is 12.2. The number of hydrogen-bond acceptors (Lipinski definition) is 5. The van der Waals surface area contributed by atoms with Crippen molar-refractivity contribution in [2.45, 2.75) is 34.7 Å². The summed E-state index contributed by atoms with van der Waals surface area (Å²) in [6, 6.07) is 38.9. The van der Waals surface area contributed by atoms with Gasteiger partial charge in [-0.25, -0.2) is 13.5 Å². The van der Waals surface area contributed by atoms with Crippen LogP contribution in [0.2, 0.25) is 0 Å². The summed E-state index contributed by atoms with van der Waals surface area (Å²) in [5.41, 5.74) is 3.22. The summed E-state index contributed by atoms with van der Waals surface area (Å²) in [6.45, 7) is 1.18. The molecule has 2 aliphatic rings. The smallest absolute Gasteiger partial charge is 0.189 e. The lowest BCUT2D eigenvalue weighted by molar-refractivity contribution is 0.114. The van der Waals surface area contributed by atoms with Crippen LogP contribution in [0.4, 0.5) is 5.69 Å². The van der Waals surface area contributed by atoms with Gasteiger partial charge in [-0.15, -0.1) is 0 Å². The molecule has 0 aliphatic carbocycles. The van der Waals surface area contributed by atoms with Gasteiger partial charge < -0.3 is 0 Å². The fourth-order valence-electron chi connectivity index (χ4n) is 5.92. The number of hydrogen-bond donors (Lipinski definition) is 0. The van der Waals surface area contributed by atoms with Gasteiger partial charge in [0.1, 0.15) is 4.75 Å². The van der Waals surface area contributed by atoms with Gasteiger partial charge in [-0.05, 0) is 41.8 Å². The monoisotopic (exact) mass is 510 g/mol. The predicted octanol–water partition coefficient (Wildman–Crippen LogP) is 5.15. The number of fused-ring (bicyclic) bond motifs is 1. The first-order chi connectivity index (χ1) is 18.1. The van der Waals surface area contributed by atoms with Crippen LogP contribution in [0.3, 0.4) is 0 Å². The average molecular weight is 511 g/mol. The Morgan fingerprint density at radius 2 is 1.27 bits per heavy atom. The molecule has 2 aliphatic heterocycles. The van der Waals surface area contributed by atoms with Crippen molar-refractivity contribution >= 4 is 15.5 Å². The molecule has 2 saturated heterocycles. The minimum atomic E-state index is -3.74. The first kappa shape index (κ1) is 23.9. The van der Waals surface area contributed by atoms with Crippen molar-refractivity contribution < 1.29 is 13.3 Å². The van der Waals surface area contributed by atoms with Crippen molar-refractivity contribution in [2.75, 3.05) is 18.2 Å². The summed E-state index contributed by atoms with van der Waals surface area (Å²) >= 11 is 0. The van der Waals surface area contributed by atoms with Crippen molar-refractivity contribution in [3.63, 3.8) is 0 Å². The maximum Gasteiger partial charge on any atom is 0.189 e. The number of anilines is 1. The number of sulfone groups is 1. The summed E-state index contributed by atoms with van der Waals surface area (Å²) in [5, 5.41) is 1.87. The normalized spacial score (nSPS) is 23.7. The Morgan fingerprint density at radius 3 is 1.89 bits per heavy atom. The van der Waals surface area contributed by atoms with Gasteiger partial charge in [0.05, 0.1) is 23.2 Å². The second-order valence-electron chi connectivity index (χ2n) is 9.91. The van der Waals surface area contributed by atoms with E-state index in [1.54, 1.807) is 24.3 Å². The van der Waals surface area contributed by atoms with Crippen LogP contribution in [-0.2, 0) is 27.6 Å². The molecule has 0 N–H and O–H groups in total. The number of hydroxylamine groups is 1. The van der Waals surface area contributed by atoms with Crippen LogP contribution in [0, 0.1) is 0 Å². The summed E-state index contributed by atoms with van der Waals surface area (Å²) in [4.78, 5) is 9.01. The van der Waals surface area contributed by atoms with Gasteiger partial charge in [-0.1, -0.05) is 97.1 Å². The maximum absolute atomic E-state index is 14.5. The summed E-state index contributed by atoms with van der Waals surface area (Å²) in [5.74, 6) is 0. The minimum absolute atomic E-state index is 0.0798. The zero-order valence-electron chi connectivity index (χ0n) is 20.6. The molecule has 6 heteroatoms. The fourth-order valence-corrected chi connectivity index (χ4v) is 8.02. The molecule has 188 valence electrons. The molecule has 4 aromatic rings. The largest absolute Gasteiger partial charge is 0.292 e. The highest BCUT2D eigenvalue weighted by Crippen LogP contribution is 2.48. The van der Waals surface area contributed by atoms with E-state index in [0.29, 0.717) is 18.0 Å². The van der Waals surface area contributed by atoms with Crippen LogP contribution < -0.4 is 5.06 Å². The van der Waals surface area contributed by atoms with E-state index in [4.69, 9.17) is 4.84 Å². The fraction of sp³-hybridized carbons (Fsp3) is 0.226. The molecule has 0 bridgehead atoms. The molecule has 2 fully saturated rings. The average Bonchev–Trinajstić information content (AvgIpc) is 3.47. The van der Waals surface area contributed by atoms with E-state index >= 15 is 0 Å². The summed E-state index contributed by atoms with van der Waals surface area (Å²) in [6.07, 6.45) is 0.719. The third kappa shape index (κ3) is 4.25. The van der Waals surface area contributed by atoms with Crippen LogP contribution in [0.25, 0.3) is 0 Å². The standard InChI is InChI=1S/C31H30N2O3S/c34-37(35,28-19-11-4-12-20-28)31-23-32(22-26-15-7-2-8-16-26)29(21-25-13-5-1-6-14-25)30(31)33(36-24-31)27-17-9-3-10-18-27/h1-20,29-30H,21-24H2/t29-,30-,31+/m0/s1. The summed E-state index contributed by atoms with van der Waals surface area (Å²) in [7, 11) is -3.74. The lowest BCUT2D eigenvalue weighted by Crippen LogP contribution is -2.53. The van der Waals surface area contributed by atoms with Crippen molar-refractivity contribution in [3.8, 4) is 0 Å². The number of nitrogens with zero attached hydrogens (tertiary/aromatic N) is 2. The van der Waals surface area contributed by atoms with Crippen molar-refractivity contribution in [3.05, 3.63) is 132 Å². The van der Waals surface area contributed by atoms with Crippen molar-refractivity contribution in [2.24, 2.45) is 0 Å². The van der Waals surface area contributed by atoms with Gasteiger partial charge in [0.25, 0.3) is 0 Å². The maximum atomic E-state index is 14.5. The third-order valence-electron chi connectivity index (χ3n) is 7.66. The zero-order valence-corrected chi connectivity index (χ0v) is 21.4. The molecular weight excluding hydrogens is 480 g/mol. The molecule has 5 nitrogen and oxygen atoms in total. The highest BCUT2D eigenvalue weighted by atomic mass is 32.2. The molecule has 0 aromatic heterocycles. The first-order valence-electron chi connectivity index (χ1n) is 12.7. The molecule has 0 unspecified atom stereocenters. The highest BCUT2D eigenvalue weighted by molar-refractivity contribution is 7.93. The van der Waals surface area contributed by atoms with E-state index in [1.807, 2.05) is 77.9 Å². The summed E-state index contributed by atoms with van der Waals surface area (Å²) < 4.78 is 27.8. The second kappa shape index (κ2) is 9.78. The van der Waals surface area contributed by atoms with Crippen LogP contribution in [0.15, 0.2) is 126 Å². The van der Waals surface area contributed by atoms with Crippen LogP contribution in [0.1, 0.15) is 11.1 Å². The predicted molar refractivity (Wildman–Crippen MR) is 146 cm³/mol. The quantitative estimate of drug-likeness (QED) is 0.344. The van der Waals surface area contributed by atoms with E-state index in [-0.39, 0.29) is 18.7 Å². The van der Waals surface area contributed by atoms with Crippen LogP contribution >= 0.6 is 0 Å². The van der Waals surface area contributed by atoms with Gasteiger partial charge in [0.2, 0.25) is 0 Å². The van der Waals surface area contributed by atoms with Gasteiger partial charge in [0.15, 0.2) is 9.84 Å². The molecule has 3 atom stereocenters. The van der Waals surface area contributed by atoms with Crippen molar-refractivity contribution in [1.82, 2.24) is 4.90 Å². The molecule has 6 rings (SSSR count). The van der Waals surface area contributed by atoms with Gasteiger partial charge in [0, 0.05) is 19.1 Å². The van der Waals surface area contributed by atoms with E-state index in [0.717, 1.165) is 12.1 Å². The Kier molecular flexibility index (Phi) is 6.32. The van der Waals surface area contributed by atoms with Crippen molar-refractivity contribution in [1.29, 1.82) is 0 Å². The van der Waals surface area contributed by atoms with Gasteiger partial charge in [-0.3, -0.25) is 9.74 Å². The Labute approximate surface area is 218 Å². The van der Waals surface area contributed by atoms with Gasteiger partial charge in [-0.2, -0.15) is 0 Å². The zero-order chi connectivity index (χ0) is 25.3. The lowest BCUT2D eigenvalue weighted by atomic mass is 9.94. The molecule has 0 spiro atoms. The van der Waals surface area contributed by atoms with E-state index in [2.05, 4.69) is 29.2 Å². The number of rotatable bonds is 7. The molecule has 0 amide bonds. The van der Waals surface area contributed by atoms with E-state index < -0.39 is 14.6 Å². The molecule has 37 heavy (non-hydrogen) atoms. The number of likely N-dealkylation sites (tertiary alicyclic amines) is 1. The SMILES string of the molecule is O=S(=O)(c1ccccc1)[C@]12CON(c3ccccc3)[C@H]1[C@H](Cc1ccccc1)N(Cc1ccccc1)C2. The Morgan fingerprint density at radius 1 is 0.730 bits per heavy atom. The topological polar surface area (TPSA) is 49.9 Å². The molecule has 4 aromatic carbocycles. The molecular formula is C31H30N2O3S. The van der Waals surface area contributed by atoms with Gasteiger partial charge >= 0.3 is 0 Å². The molecule has 0 radical (unpaired) electrons. The van der Waals surface area contributed by atoms with Crippen LogP contribution in [-0.4, -0.2) is 43.3 Å². The third-order valence-corrected chi connectivity index (χ3v) is 10.1. The lowest BCUT2D eigenvalue weighted by Gasteiger charge is -2.34. The van der Waals surface area contributed by atoms with E-state index in [1.165, 1.54) is 11.1 Å². The minimum Gasteiger partial charge on any atom is -0.292 e. The van der Waals surface area contributed by atoms with Crippen LogP contribution in [0.5, 0.6) is 0 Å². The number of benzene rings is 4. The Bertz CT molecular complexity index is 1430. The Hall–Kier alpha value is -3.45. The van der Waals surface area contributed by atoms with E-state index in [9.17, 15) is 8.42 Å².